The first-order valence-corrected chi connectivity index (χ1v) is 5.31. The number of benzene rings is 1. The Morgan fingerprint density at radius 2 is 2.22 bits per heavy atom. The van der Waals surface area contributed by atoms with E-state index in [4.69, 9.17) is 16.3 Å². The zero-order valence-electron chi connectivity index (χ0n) is 9.33. The molecule has 0 saturated heterocycles. The van der Waals surface area contributed by atoms with Gasteiger partial charge in [0.15, 0.2) is 5.69 Å². The molecule has 0 radical (unpaired) electrons. The van der Waals surface area contributed by atoms with Crippen LogP contribution in [0.1, 0.15) is 0 Å². The molecule has 7 heteroatoms. The lowest BCUT2D eigenvalue weighted by Crippen LogP contribution is -1.97. The molecule has 0 spiro atoms. The highest BCUT2D eigenvalue weighted by molar-refractivity contribution is 6.28. The van der Waals surface area contributed by atoms with Gasteiger partial charge in [0.2, 0.25) is 5.28 Å². The topological polar surface area (TPSA) is 78.2 Å². The summed E-state index contributed by atoms with van der Waals surface area (Å²) in [5, 5.41) is 10.9. The molecule has 0 saturated carbocycles. The second-order valence-corrected chi connectivity index (χ2v) is 3.70. The minimum absolute atomic E-state index is 0.0431. The van der Waals surface area contributed by atoms with E-state index < -0.39 is 4.92 Å². The molecule has 1 aromatic carbocycles. The van der Waals surface area contributed by atoms with E-state index >= 15 is 0 Å². The molecule has 2 aromatic rings. The Labute approximate surface area is 107 Å². The minimum atomic E-state index is -0.550. The zero-order valence-corrected chi connectivity index (χ0v) is 10.1. The molecule has 0 aliphatic rings. The van der Waals surface area contributed by atoms with Gasteiger partial charge in [0.05, 0.1) is 12.0 Å². The van der Waals surface area contributed by atoms with Crippen molar-refractivity contribution in [3.63, 3.8) is 0 Å². The Bertz CT molecular complexity index is 604. The van der Waals surface area contributed by atoms with Crippen LogP contribution in [0.4, 0.5) is 5.69 Å². The average Bonchev–Trinajstić information content (AvgIpc) is 2.38. The van der Waals surface area contributed by atoms with Crippen LogP contribution in [0.5, 0.6) is 5.75 Å². The number of nitro groups is 1. The monoisotopic (exact) mass is 265 g/mol. The van der Waals surface area contributed by atoms with Gasteiger partial charge >= 0.3 is 5.69 Å². The lowest BCUT2D eigenvalue weighted by atomic mass is 10.1. The van der Waals surface area contributed by atoms with Gasteiger partial charge in [-0.1, -0.05) is 12.1 Å². The average molecular weight is 266 g/mol. The fraction of sp³-hybridized carbons (Fsp3) is 0.0909. The first-order valence-electron chi connectivity index (χ1n) is 4.93. The maximum Gasteiger partial charge on any atom is 0.313 e. The molecule has 0 atom stereocenters. The Morgan fingerprint density at radius 3 is 2.89 bits per heavy atom. The molecule has 0 N–H and O–H groups in total. The normalized spacial score (nSPS) is 10.1. The van der Waals surface area contributed by atoms with Gasteiger partial charge in [-0.15, -0.1) is 0 Å². The lowest BCUT2D eigenvalue weighted by molar-refractivity contribution is -0.384. The summed E-state index contributed by atoms with van der Waals surface area (Å²) in [4.78, 5) is 17.9. The van der Waals surface area contributed by atoms with Gasteiger partial charge in [0, 0.05) is 5.56 Å². The van der Waals surface area contributed by atoms with E-state index in [0.29, 0.717) is 11.3 Å². The van der Waals surface area contributed by atoms with E-state index in [1.54, 1.807) is 24.3 Å². The van der Waals surface area contributed by atoms with Crippen molar-refractivity contribution in [2.45, 2.75) is 0 Å². The second-order valence-electron chi connectivity index (χ2n) is 3.36. The van der Waals surface area contributed by atoms with Crippen molar-refractivity contribution in [3.8, 4) is 17.0 Å². The number of nitrogens with zero attached hydrogens (tertiary/aromatic N) is 3. The van der Waals surface area contributed by atoms with E-state index in [2.05, 4.69) is 9.97 Å². The first-order chi connectivity index (χ1) is 8.61. The molecule has 0 bridgehead atoms. The number of aromatic nitrogens is 2. The highest BCUT2D eigenvalue weighted by Crippen LogP contribution is 2.30. The Kier molecular flexibility index (Phi) is 3.38. The van der Waals surface area contributed by atoms with Gasteiger partial charge in [-0.05, 0) is 23.7 Å². The molecular weight excluding hydrogens is 258 g/mol. The van der Waals surface area contributed by atoms with E-state index in [-0.39, 0.29) is 16.7 Å². The smallest absolute Gasteiger partial charge is 0.313 e. The number of halogens is 1. The van der Waals surface area contributed by atoms with Crippen molar-refractivity contribution in [3.05, 3.63) is 45.9 Å². The highest BCUT2D eigenvalue weighted by atomic mass is 35.5. The number of rotatable bonds is 3. The molecular formula is C11H8ClN3O3. The van der Waals surface area contributed by atoms with E-state index in [9.17, 15) is 10.1 Å². The Balaban J connectivity index is 2.61. The first kappa shape index (κ1) is 12.3. The van der Waals surface area contributed by atoms with Crippen LogP contribution >= 0.6 is 11.6 Å². The largest absolute Gasteiger partial charge is 0.497 e. The van der Waals surface area contributed by atoms with E-state index in [0.717, 1.165) is 6.20 Å². The lowest BCUT2D eigenvalue weighted by Gasteiger charge is -2.04. The van der Waals surface area contributed by atoms with Crippen molar-refractivity contribution in [2.75, 3.05) is 7.11 Å². The standard InChI is InChI=1S/C11H8ClN3O3/c1-18-8-4-2-3-7(5-8)10-9(15(16)17)6-13-11(12)14-10/h2-6H,1H3. The summed E-state index contributed by atoms with van der Waals surface area (Å²) in [6, 6.07) is 6.78. The minimum Gasteiger partial charge on any atom is -0.497 e. The van der Waals surface area contributed by atoms with Gasteiger partial charge in [-0.3, -0.25) is 10.1 Å². The Morgan fingerprint density at radius 1 is 1.44 bits per heavy atom. The predicted octanol–water partition coefficient (Wildman–Crippen LogP) is 2.71. The summed E-state index contributed by atoms with van der Waals surface area (Å²) in [5.41, 5.74) is 0.511. The van der Waals surface area contributed by atoms with Crippen LogP contribution in [0, 0.1) is 10.1 Å². The third-order valence-electron chi connectivity index (χ3n) is 2.28. The quantitative estimate of drug-likeness (QED) is 0.484. The van der Waals surface area contributed by atoms with Crippen molar-refractivity contribution in [2.24, 2.45) is 0 Å². The maximum absolute atomic E-state index is 10.9. The van der Waals surface area contributed by atoms with Crippen LogP contribution in [0.25, 0.3) is 11.3 Å². The fourth-order valence-corrected chi connectivity index (χ4v) is 1.60. The number of ether oxygens (including phenoxy) is 1. The molecule has 0 aliphatic carbocycles. The van der Waals surface area contributed by atoms with E-state index in [1.807, 2.05) is 0 Å². The van der Waals surface area contributed by atoms with Crippen molar-refractivity contribution < 1.29 is 9.66 Å². The number of hydrogen-bond acceptors (Lipinski definition) is 5. The molecule has 1 heterocycles. The third kappa shape index (κ3) is 2.38. The summed E-state index contributed by atoms with van der Waals surface area (Å²) in [6.07, 6.45) is 1.09. The second kappa shape index (κ2) is 4.97. The fourth-order valence-electron chi connectivity index (χ4n) is 1.47. The summed E-state index contributed by atoms with van der Waals surface area (Å²) < 4.78 is 5.06. The van der Waals surface area contributed by atoms with Crippen LogP contribution in [0.15, 0.2) is 30.5 Å². The third-order valence-corrected chi connectivity index (χ3v) is 2.46. The van der Waals surface area contributed by atoms with Crippen molar-refractivity contribution in [1.29, 1.82) is 0 Å². The Hall–Kier alpha value is -2.21. The van der Waals surface area contributed by atoms with Gasteiger partial charge in [0.25, 0.3) is 0 Å². The molecule has 1 aromatic heterocycles. The van der Waals surface area contributed by atoms with Crippen LogP contribution in [0.3, 0.4) is 0 Å². The van der Waals surface area contributed by atoms with Crippen molar-refractivity contribution in [1.82, 2.24) is 9.97 Å². The molecule has 2 rings (SSSR count). The molecule has 0 fully saturated rings. The molecule has 6 nitrogen and oxygen atoms in total. The van der Waals surface area contributed by atoms with Gasteiger partial charge in [-0.2, -0.15) is 0 Å². The summed E-state index contributed by atoms with van der Waals surface area (Å²) in [5.74, 6) is 0.580. The van der Waals surface area contributed by atoms with Crippen LogP contribution in [0.2, 0.25) is 5.28 Å². The molecule has 18 heavy (non-hydrogen) atoms. The summed E-state index contributed by atoms with van der Waals surface area (Å²) >= 11 is 5.67. The van der Waals surface area contributed by atoms with Crippen LogP contribution in [-0.4, -0.2) is 22.0 Å². The van der Waals surface area contributed by atoms with Gasteiger partial charge < -0.3 is 4.74 Å². The number of methoxy groups -OCH3 is 1. The molecule has 0 unspecified atom stereocenters. The predicted molar refractivity (Wildman–Crippen MR) is 65.7 cm³/mol. The van der Waals surface area contributed by atoms with Crippen LogP contribution in [-0.2, 0) is 0 Å². The molecule has 92 valence electrons. The number of hydrogen-bond donors (Lipinski definition) is 0. The molecule has 0 aliphatic heterocycles. The highest BCUT2D eigenvalue weighted by Gasteiger charge is 2.18. The molecule has 0 amide bonds. The van der Waals surface area contributed by atoms with Gasteiger partial charge in [0.1, 0.15) is 11.9 Å². The summed E-state index contributed by atoms with van der Waals surface area (Å²) in [6.45, 7) is 0. The van der Waals surface area contributed by atoms with Gasteiger partial charge in [-0.25, -0.2) is 9.97 Å². The summed E-state index contributed by atoms with van der Waals surface area (Å²) in [7, 11) is 1.51. The zero-order chi connectivity index (χ0) is 13.1. The van der Waals surface area contributed by atoms with Crippen LogP contribution < -0.4 is 4.74 Å². The van der Waals surface area contributed by atoms with Crippen molar-refractivity contribution >= 4 is 17.3 Å². The SMILES string of the molecule is COc1cccc(-c2nc(Cl)ncc2[N+](=O)[O-])c1. The maximum atomic E-state index is 10.9. The van der Waals surface area contributed by atoms with E-state index in [1.165, 1.54) is 7.11 Å².